The van der Waals surface area contributed by atoms with Crippen LogP contribution < -0.4 is 15.0 Å². The van der Waals surface area contributed by atoms with E-state index in [9.17, 15) is 4.79 Å². The van der Waals surface area contributed by atoms with Crippen LogP contribution in [0, 0.1) is 19.8 Å². The van der Waals surface area contributed by atoms with Crippen molar-refractivity contribution in [3.05, 3.63) is 71.1 Å². The van der Waals surface area contributed by atoms with Crippen LogP contribution in [0.2, 0.25) is 0 Å². The minimum absolute atomic E-state index is 0.142. The molecule has 31 heavy (non-hydrogen) atoms. The Morgan fingerprint density at radius 3 is 2.39 bits per heavy atom. The minimum Gasteiger partial charge on any atom is -0.489 e. The molecule has 0 atom stereocenters. The van der Waals surface area contributed by atoms with Crippen LogP contribution in [-0.2, 0) is 6.61 Å². The van der Waals surface area contributed by atoms with Gasteiger partial charge in [0.05, 0.1) is 11.3 Å². The van der Waals surface area contributed by atoms with Crippen molar-refractivity contribution in [1.82, 2.24) is 5.16 Å². The number of carbonyl (C=O) groups excluding carboxylic acids is 1. The molecule has 0 spiro atoms. The molecule has 1 aliphatic rings. The summed E-state index contributed by atoms with van der Waals surface area (Å²) in [6, 6.07) is 15.2. The molecule has 1 aromatic heterocycles. The Hall–Kier alpha value is -3.28. The van der Waals surface area contributed by atoms with Crippen LogP contribution in [0.1, 0.15) is 47.1 Å². The summed E-state index contributed by atoms with van der Waals surface area (Å²) in [5.74, 6) is 2.12. The highest BCUT2D eigenvalue weighted by Crippen LogP contribution is 2.25. The number of amides is 1. The molecule has 0 aliphatic carbocycles. The van der Waals surface area contributed by atoms with Gasteiger partial charge in [0.15, 0.2) is 0 Å². The topological polar surface area (TPSA) is 67.6 Å². The lowest BCUT2D eigenvalue weighted by Gasteiger charge is -2.32. The van der Waals surface area contributed by atoms with Crippen LogP contribution >= 0.6 is 0 Å². The standard InChI is InChI=1S/C25H29N3O3/c1-17-12-14-28(15-13-17)22-8-6-21(7-9-22)26-25(29)20-4-10-23(11-5-20)30-16-24-18(2)27-31-19(24)3/h4-11,17H,12-16H2,1-3H3,(H,26,29). The van der Waals surface area contributed by atoms with Gasteiger partial charge in [-0.1, -0.05) is 12.1 Å². The van der Waals surface area contributed by atoms with Gasteiger partial charge in [-0.25, -0.2) is 0 Å². The van der Waals surface area contributed by atoms with Crippen LogP contribution in [0.3, 0.4) is 0 Å². The molecule has 0 bridgehead atoms. The van der Waals surface area contributed by atoms with Gasteiger partial charge < -0.3 is 19.5 Å². The van der Waals surface area contributed by atoms with Crippen molar-refractivity contribution in [2.24, 2.45) is 5.92 Å². The number of ether oxygens (including phenoxy) is 1. The van der Waals surface area contributed by atoms with Crippen molar-refractivity contribution in [3.8, 4) is 5.75 Å². The lowest BCUT2D eigenvalue weighted by atomic mass is 9.99. The summed E-state index contributed by atoms with van der Waals surface area (Å²) in [5, 5.41) is 6.90. The number of benzene rings is 2. The smallest absolute Gasteiger partial charge is 0.255 e. The Balaban J connectivity index is 1.32. The first-order valence-electron chi connectivity index (χ1n) is 10.8. The van der Waals surface area contributed by atoms with E-state index in [-0.39, 0.29) is 5.91 Å². The number of nitrogens with zero attached hydrogens (tertiary/aromatic N) is 2. The van der Waals surface area contributed by atoms with Crippen molar-refractivity contribution in [3.63, 3.8) is 0 Å². The van der Waals surface area contributed by atoms with Gasteiger partial charge in [0, 0.05) is 30.0 Å². The first kappa shape index (κ1) is 21.0. The zero-order valence-electron chi connectivity index (χ0n) is 18.4. The van der Waals surface area contributed by atoms with E-state index < -0.39 is 0 Å². The molecule has 6 nitrogen and oxygen atoms in total. The summed E-state index contributed by atoms with van der Waals surface area (Å²) in [7, 11) is 0. The van der Waals surface area contributed by atoms with E-state index in [1.165, 1.54) is 18.5 Å². The summed E-state index contributed by atoms with van der Waals surface area (Å²) in [4.78, 5) is 15.0. The molecule has 0 radical (unpaired) electrons. The molecule has 1 fully saturated rings. The summed E-state index contributed by atoms with van der Waals surface area (Å²) in [6.45, 7) is 8.64. The van der Waals surface area contributed by atoms with Gasteiger partial charge in [0.1, 0.15) is 18.1 Å². The van der Waals surface area contributed by atoms with Crippen LogP contribution in [0.25, 0.3) is 0 Å². The number of aryl methyl sites for hydroxylation is 2. The maximum atomic E-state index is 12.6. The third kappa shape index (κ3) is 5.08. The highest BCUT2D eigenvalue weighted by Gasteiger charge is 2.16. The van der Waals surface area contributed by atoms with E-state index in [2.05, 4.69) is 34.4 Å². The zero-order chi connectivity index (χ0) is 21.8. The minimum atomic E-state index is -0.142. The lowest BCUT2D eigenvalue weighted by Crippen LogP contribution is -2.32. The second kappa shape index (κ2) is 9.25. The Bertz CT molecular complexity index is 998. The number of carbonyl (C=O) groups is 1. The monoisotopic (exact) mass is 419 g/mol. The molecule has 4 rings (SSSR count). The Morgan fingerprint density at radius 1 is 1.10 bits per heavy atom. The van der Waals surface area contributed by atoms with Gasteiger partial charge in [-0.2, -0.15) is 0 Å². The molecule has 1 N–H and O–H groups in total. The third-order valence-corrected chi connectivity index (χ3v) is 5.95. The van der Waals surface area contributed by atoms with Gasteiger partial charge in [0.25, 0.3) is 5.91 Å². The van der Waals surface area contributed by atoms with Crippen molar-refractivity contribution in [1.29, 1.82) is 0 Å². The number of piperidine rings is 1. The molecule has 1 amide bonds. The SMILES string of the molecule is Cc1noc(C)c1COc1ccc(C(=O)Nc2ccc(N3CCC(C)CC3)cc2)cc1. The molecule has 3 aromatic rings. The van der Waals surface area contributed by atoms with Crippen LogP contribution in [-0.4, -0.2) is 24.2 Å². The molecule has 1 saturated heterocycles. The number of anilines is 2. The summed E-state index contributed by atoms with van der Waals surface area (Å²) in [6.07, 6.45) is 2.47. The van der Waals surface area contributed by atoms with Crippen molar-refractivity contribution >= 4 is 17.3 Å². The average Bonchev–Trinajstić information content (AvgIpc) is 3.11. The van der Waals surface area contributed by atoms with E-state index in [4.69, 9.17) is 9.26 Å². The van der Waals surface area contributed by atoms with E-state index in [1.807, 2.05) is 26.0 Å². The second-order valence-corrected chi connectivity index (χ2v) is 8.29. The van der Waals surface area contributed by atoms with Crippen molar-refractivity contribution in [2.75, 3.05) is 23.3 Å². The fourth-order valence-electron chi connectivity index (χ4n) is 3.79. The normalized spacial score (nSPS) is 14.5. The van der Waals surface area contributed by atoms with Crippen molar-refractivity contribution in [2.45, 2.75) is 40.2 Å². The molecular formula is C25H29N3O3. The molecule has 1 aliphatic heterocycles. The largest absolute Gasteiger partial charge is 0.489 e. The van der Waals surface area contributed by atoms with E-state index in [0.29, 0.717) is 17.9 Å². The predicted molar refractivity (Wildman–Crippen MR) is 122 cm³/mol. The number of rotatable bonds is 6. The van der Waals surface area contributed by atoms with Crippen LogP contribution in [0.5, 0.6) is 5.75 Å². The fourth-order valence-corrected chi connectivity index (χ4v) is 3.79. The van der Waals surface area contributed by atoms with Gasteiger partial charge in [0.2, 0.25) is 0 Å². The number of hydrogen-bond acceptors (Lipinski definition) is 5. The molecule has 6 heteroatoms. The molecule has 0 saturated carbocycles. The second-order valence-electron chi connectivity index (χ2n) is 8.29. The van der Waals surface area contributed by atoms with Gasteiger partial charge in [-0.3, -0.25) is 4.79 Å². The van der Waals surface area contributed by atoms with Gasteiger partial charge >= 0.3 is 0 Å². The van der Waals surface area contributed by atoms with E-state index >= 15 is 0 Å². The molecule has 2 aromatic carbocycles. The number of aromatic nitrogens is 1. The summed E-state index contributed by atoms with van der Waals surface area (Å²) < 4.78 is 11.0. The first-order valence-corrected chi connectivity index (χ1v) is 10.8. The summed E-state index contributed by atoms with van der Waals surface area (Å²) >= 11 is 0. The highest BCUT2D eigenvalue weighted by atomic mass is 16.5. The van der Waals surface area contributed by atoms with E-state index in [1.54, 1.807) is 24.3 Å². The Kier molecular flexibility index (Phi) is 6.26. The van der Waals surface area contributed by atoms with Crippen molar-refractivity contribution < 1.29 is 14.1 Å². The molecule has 0 unspecified atom stereocenters. The molecular weight excluding hydrogens is 390 g/mol. The first-order chi connectivity index (χ1) is 15.0. The quantitative estimate of drug-likeness (QED) is 0.583. The van der Waals surface area contributed by atoms with E-state index in [0.717, 1.165) is 41.7 Å². The average molecular weight is 420 g/mol. The molecule has 162 valence electrons. The lowest BCUT2D eigenvalue weighted by molar-refractivity contribution is 0.102. The van der Waals surface area contributed by atoms with Crippen LogP contribution in [0.15, 0.2) is 53.1 Å². The number of hydrogen-bond donors (Lipinski definition) is 1. The van der Waals surface area contributed by atoms with Gasteiger partial charge in [-0.05, 0) is 81.1 Å². The fraction of sp³-hybridized carbons (Fsp3) is 0.360. The Labute approximate surface area is 183 Å². The highest BCUT2D eigenvalue weighted by molar-refractivity contribution is 6.04. The maximum Gasteiger partial charge on any atom is 0.255 e. The van der Waals surface area contributed by atoms with Crippen LogP contribution in [0.4, 0.5) is 11.4 Å². The van der Waals surface area contributed by atoms with Gasteiger partial charge in [-0.15, -0.1) is 0 Å². The predicted octanol–water partition coefficient (Wildman–Crippen LogP) is 5.36. The Morgan fingerprint density at radius 2 is 1.77 bits per heavy atom. The summed E-state index contributed by atoms with van der Waals surface area (Å²) in [5.41, 5.74) is 4.36. The third-order valence-electron chi connectivity index (χ3n) is 5.95. The number of nitrogens with one attached hydrogen (secondary N) is 1. The molecule has 2 heterocycles. The zero-order valence-corrected chi connectivity index (χ0v) is 18.4. The maximum absolute atomic E-state index is 12.6.